The zero-order chi connectivity index (χ0) is 12.3. The summed E-state index contributed by atoms with van der Waals surface area (Å²) in [6.07, 6.45) is 3.75. The van der Waals surface area contributed by atoms with E-state index in [1.54, 1.807) is 6.92 Å². The first-order valence-corrected chi connectivity index (χ1v) is 6.42. The number of carboxylic acid groups (broad SMARTS) is 1. The topological polar surface area (TPSA) is 49.3 Å². The van der Waals surface area contributed by atoms with Gasteiger partial charge in [-0.1, -0.05) is 33.6 Å². The molecular weight excluding hydrogens is 202 g/mol. The molecule has 1 aliphatic rings. The van der Waals surface area contributed by atoms with E-state index >= 15 is 0 Å². The maximum absolute atomic E-state index is 10.9. The molecule has 16 heavy (non-hydrogen) atoms. The second kappa shape index (κ2) is 5.67. The Hall–Kier alpha value is -0.570. The van der Waals surface area contributed by atoms with Crippen molar-refractivity contribution < 1.29 is 9.90 Å². The Labute approximate surface area is 98.6 Å². The third kappa shape index (κ3) is 3.21. The zero-order valence-electron chi connectivity index (χ0n) is 10.9. The number of rotatable bonds is 4. The van der Waals surface area contributed by atoms with Crippen molar-refractivity contribution in [3.05, 3.63) is 0 Å². The minimum absolute atomic E-state index is 0.0512. The van der Waals surface area contributed by atoms with Crippen LogP contribution in [0.1, 0.15) is 47.0 Å². The molecule has 94 valence electrons. The van der Waals surface area contributed by atoms with Crippen molar-refractivity contribution in [1.29, 1.82) is 0 Å². The molecule has 3 heteroatoms. The van der Waals surface area contributed by atoms with Crippen molar-refractivity contribution in [3.63, 3.8) is 0 Å². The molecule has 0 spiro atoms. The Kier molecular flexibility index (Phi) is 4.78. The van der Waals surface area contributed by atoms with E-state index in [1.807, 2.05) is 6.92 Å². The summed E-state index contributed by atoms with van der Waals surface area (Å²) in [5, 5.41) is 12.5. The second-order valence-electron chi connectivity index (χ2n) is 5.46. The van der Waals surface area contributed by atoms with Gasteiger partial charge in [0.15, 0.2) is 0 Å². The Bertz CT molecular complexity index is 242. The number of nitrogens with one attached hydrogen (secondary N) is 1. The molecule has 1 fully saturated rings. The highest BCUT2D eigenvalue weighted by atomic mass is 16.4. The summed E-state index contributed by atoms with van der Waals surface area (Å²) >= 11 is 0. The molecular formula is C13H25NO2. The summed E-state index contributed by atoms with van der Waals surface area (Å²) in [5.74, 6) is 0.372. The Morgan fingerprint density at radius 2 is 1.94 bits per heavy atom. The van der Waals surface area contributed by atoms with Crippen LogP contribution in [-0.2, 0) is 4.79 Å². The average Bonchev–Trinajstić information content (AvgIpc) is 2.23. The Balaban J connectivity index is 2.49. The molecule has 0 bridgehead atoms. The molecule has 0 radical (unpaired) electrons. The molecule has 5 atom stereocenters. The smallest absolute Gasteiger partial charge is 0.307 e. The predicted octanol–water partition coefficient (Wildman–Crippen LogP) is 2.51. The van der Waals surface area contributed by atoms with Crippen molar-refractivity contribution in [1.82, 2.24) is 5.32 Å². The van der Waals surface area contributed by atoms with Crippen LogP contribution in [0.25, 0.3) is 0 Å². The minimum Gasteiger partial charge on any atom is -0.481 e. The van der Waals surface area contributed by atoms with Crippen LogP contribution >= 0.6 is 0 Å². The standard InChI is InChI=1S/C13H25NO2/c1-8-6-5-7-12(9(8)2)14-11(4)10(3)13(15)16/h8-12,14H,5-7H2,1-4H3,(H,15,16). The monoisotopic (exact) mass is 227 g/mol. The summed E-state index contributed by atoms with van der Waals surface area (Å²) in [5.41, 5.74) is 0. The maximum Gasteiger partial charge on any atom is 0.307 e. The lowest BCUT2D eigenvalue weighted by Gasteiger charge is -2.37. The highest BCUT2D eigenvalue weighted by Crippen LogP contribution is 2.30. The molecule has 0 aromatic heterocycles. The summed E-state index contributed by atoms with van der Waals surface area (Å²) in [6, 6.07) is 0.538. The minimum atomic E-state index is -0.712. The molecule has 1 saturated carbocycles. The van der Waals surface area contributed by atoms with Gasteiger partial charge in [-0.15, -0.1) is 0 Å². The van der Waals surface area contributed by atoms with Crippen molar-refractivity contribution >= 4 is 5.97 Å². The summed E-state index contributed by atoms with van der Waals surface area (Å²) in [4.78, 5) is 10.9. The van der Waals surface area contributed by atoms with Gasteiger partial charge in [0.1, 0.15) is 0 Å². The average molecular weight is 227 g/mol. The second-order valence-corrected chi connectivity index (χ2v) is 5.46. The van der Waals surface area contributed by atoms with E-state index in [0.29, 0.717) is 12.0 Å². The lowest BCUT2D eigenvalue weighted by molar-refractivity contribution is -0.142. The number of carbonyl (C=O) groups is 1. The Morgan fingerprint density at radius 3 is 2.50 bits per heavy atom. The zero-order valence-corrected chi connectivity index (χ0v) is 10.9. The lowest BCUT2D eigenvalue weighted by Crippen LogP contribution is -2.48. The molecule has 2 N–H and O–H groups in total. The van der Waals surface area contributed by atoms with Crippen LogP contribution in [0.4, 0.5) is 0 Å². The highest BCUT2D eigenvalue weighted by molar-refractivity contribution is 5.70. The van der Waals surface area contributed by atoms with Gasteiger partial charge in [0.2, 0.25) is 0 Å². The highest BCUT2D eigenvalue weighted by Gasteiger charge is 2.30. The van der Waals surface area contributed by atoms with Gasteiger partial charge in [0, 0.05) is 12.1 Å². The van der Waals surface area contributed by atoms with Crippen molar-refractivity contribution in [2.45, 2.75) is 59.0 Å². The molecule has 0 aliphatic heterocycles. The summed E-state index contributed by atoms with van der Waals surface area (Å²) in [7, 11) is 0. The van der Waals surface area contributed by atoms with Crippen LogP contribution < -0.4 is 5.32 Å². The van der Waals surface area contributed by atoms with Crippen LogP contribution in [0.3, 0.4) is 0 Å². The number of hydrogen-bond donors (Lipinski definition) is 2. The van der Waals surface area contributed by atoms with Crippen LogP contribution in [0, 0.1) is 17.8 Å². The molecule has 0 aromatic carbocycles. The van der Waals surface area contributed by atoms with Crippen LogP contribution in [0.5, 0.6) is 0 Å². The van der Waals surface area contributed by atoms with E-state index in [9.17, 15) is 4.79 Å². The third-order valence-electron chi connectivity index (χ3n) is 4.32. The molecule has 0 heterocycles. The van der Waals surface area contributed by atoms with E-state index in [1.165, 1.54) is 19.3 Å². The molecule has 5 unspecified atom stereocenters. The van der Waals surface area contributed by atoms with Gasteiger partial charge in [0.05, 0.1) is 5.92 Å². The molecule has 0 amide bonds. The van der Waals surface area contributed by atoms with Gasteiger partial charge in [-0.05, 0) is 25.2 Å². The Morgan fingerprint density at radius 1 is 1.31 bits per heavy atom. The van der Waals surface area contributed by atoms with Gasteiger partial charge >= 0.3 is 5.97 Å². The quantitative estimate of drug-likeness (QED) is 0.776. The van der Waals surface area contributed by atoms with Crippen LogP contribution in [0.15, 0.2) is 0 Å². The van der Waals surface area contributed by atoms with Crippen LogP contribution in [-0.4, -0.2) is 23.2 Å². The van der Waals surface area contributed by atoms with Crippen LogP contribution in [0.2, 0.25) is 0 Å². The lowest BCUT2D eigenvalue weighted by atomic mass is 9.77. The van der Waals surface area contributed by atoms with Crippen molar-refractivity contribution in [2.75, 3.05) is 0 Å². The normalized spacial score (nSPS) is 34.4. The molecule has 0 saturated heterocycles. The van der Waals surface area contributed by atoms with Crippen molar-refractivity contribution in [2.24, 2.45) is 17.8 Å². The van der Waals surface area contributed by atoms with Gasteiger partial charge in [-0.25, -0.2) is 0 Å². The van der Waals surface area contributed by atoms with Gasteiger partial charge in [-0.3, -0.25) is 4.79 Å². The first kappa shape index (κ1) is 13.5. The van der Waals surface area contributed by atoms with E-state index in [0.717, 1.165) is 5.92 Å². The van der Waals surface area contributed by atoms with E-state index in [4.69, 9.17) is 5.11 Å². The number of hydrogen-bond acceptors (Lipinski definition) is 2. The van der Waals surface area contributed by atoms with Crippen molar-refractivity contribution in [3.8, 4) is 0 Å². The first-order chi connectivity index (χ1) is 7.43. The largest absolute Gasteiger partial charge is 0.481 e. The fourth-order valence-corrected chi connectivity index (χ4v) is 2.51. The van der Waals surface area contributed by atoms with Gasteiger partial charge < -0.3 is 10.4 Å². The molecule has 1 aliphatic carbocycles. The molecule has 3 nitrogen and oxygen atoms in total. The predicted molar refractivity (Wildman–Crippen MR) is 65.4 cm³/mol. The summed E-state index contributed by atoms with van der Waals surface area (Å²) < 4.78 is 0. The fourth-order valence-electron chi connectivity index (χ4n) is 2.51. The van der Waals surface area contributed by atoms with E-state index < -0.39 is 5.97 Å². The number of carboxylic acids is 1. The maximum atomic E-state index is 10.9. The van der Waals surface area contributed by atoms with Gasteiger partial charge in [0.25, 0.3) is 0 Å². The number of aliphatic carboxylic acids is 1. The summed E-state index contributed by atoms with van der Waals surface area (Å²) in [6.45, 7) is 8.32. The van der Waals surface area contributed by atoms with E-state index in [-0.39, 0.29) is 12.0 Å². The molecule has 0 aromatic rings. The fraction of sp³-hybridized carbons (Fsp3) is 0.923. The third-order valence-corrected chi connectivity index (χ3v) is 4.32. The van der Waals surface area contributed by atoms with Gasteiger partial charge in [-0.2, -0.15) is 0 Å². The SMILES string of the molecule is CC1CCCC(NC(C)C(C)C(=O)O)C1C. The van der Waals surface area contributed by atoms with E-state index in [2.05, 4.69) is 19.2 Å². The molecule has 1 rings (SSSR count). The first-order valence-electron chi connectivity index (χ1n) is 6.42.